The highest BCUT2D eigenvalue weighted by atomic mass is 79.9. The second kappa shape index (κ2) is 11.2. The van der Waals surface area contributed by atoms with Gasteiger partial charge in [0.05, 0.1) is 19.1 Å². The number of nitrogen functional groups attached to an aromatic ring is 1. The number of hydrogen-bond donors (Lipinski definition) is 3. The van der Waals surface area contributed by atoms with E-state index in [0.717, 1.165) is 42.0 Å². The van der Waals surface area contributed by atoms with Crippen LogP contribution in [0.1, 0.15) is 28.8 Å². The van der Waals surface area contributed by atoms with Crippen molar-refractivity contribution >= 4 is 44.8 Å². The van der Waals surface area contributed by atoms with Crippen molar-refractivity contribution in [3.63, 3.8) is 0 Å². The SMILES string of the molecule is Nc1ccc(Br)cc1C(=O)CNCC(=O)C(N)C1CCN(Cc2ccc(Cl)cc2)CC1. The van der Waals surface area contributed by atoms with Crippen molar-refractivity contribution in [1.82, 2.24) is 10.2 Å². The lowest BCUT2D eigenvalue weighted by Crippen LogP contribution is -2.47. The van der Waals surface area contributed by atoms with E-state index >= 15 is 0 Å². The average molecular weight is 508 g/mol. The van der Waals surface area contributed by atoms with Gasteiger partial charge in [-0.3, -0.25) is 14.5 Å². The number of nitrogens with one attached hydrogen (secondary N) is 1. The summed E-state index contributed by atoms with van der Waals surface area (Å²) in [6.07, 6.45) is 1.77. The maximum atomic E-state index is 12.5. The number of likely N-dealkylation sites (tertiary alicyclic amines) is 1. The third kappa shape index (κ3) is 6.85. The number of ketones is 2. The molecule has 0 aliphatic carbocycles. The normalized spacial score (nSPS) is 16.2. The summed E-state index contributed by atoms with van der Waals surface area (Å²) in [5.74, 6) is -0.0611. The molecule has 1 aliphatic rings. The molecule has 2 aromatic carbocycles. The van der Waals surface area contributed by atoms with Crippen LogP contribution in [0.2, 0.25) is 5.02 Å². The second-order valence-corrected chi connectivity index (χ2v) is 9.34. The molecular weight excluding hydrogens is 480 g/mol. The van der Waals surface area contributed by atoms with Crippen LogP contribution in [0.15, 0.2) is 46.9 Å². The molecule has 1 saturated heterocycles. The van der Waals surface area contributed by atoms with E-state index in [1.807, 2.05) is 24.3 Å². The molecule has 0 aromatic heterocycles. The largest absolute Gasteiger partial charge is 0.398 e. The number of carbonyl (C=O) groups excluding carboxylic acids is 2. The number of nitrogens with zero attached hydrogens (tertiary/aromatic N) is 1. The van der Waals surface area contributed by atoms with Crippen LogP contribution in [0.3, 0.4) is 0 Å². The van der Waals surface area contributed by atoms with Crippen molar-refractivity contribution in [2.75, 3.05) is 31.9 Å². The van der Waals surface area contributed by atoms with E-state index in [1.165, 1.54) is 5.56 Å². The van der Waals surface area contributed by atoms with Crippen molar-refractivity contribution in [3.05, 3.63) is 63.1 Å². The number of nitrogens with two attached hydrogens (primary N) is 2. The third-order valence-electron chi connectivity index (χ3n) is 5.73. The lowest BCUT2D eigenvalue weighted by Gasteiger charge is -2.34. The van der Waals surface area contributed by atoms with Crippen LogP contribution >= 0.6 is 27.5 Å². The zero-order valence-electron chi connectivity index (χ0n) is 17.3. The van der Waals surface area contributed by atoms with Gasteiger partial charge in [0, 0.05) is 27.3 Å². The predicted molar refractivity (Wildman–Crippen MR) is 128 cm³/mol. The third-order valence-corrected chi connectivity index (χ3v) is 6.48. The number of carbonyl (C=O) groups is 2. The van der Waals surface area contributed by atoms with E-state index in [9.17, 15) is 9.59 Å². The first kappa shape index (κ1) is 23.9. The maximum absolute atomic E-state index is 12.5. The number of anilines is 1. The predicted octanol–water partition coefficient (Wildman–Crippen LogP) is 3.27. The number of Topliss-reactive ketones (excluding diaryl/α,β-unsaturated/α-hetero) is 2. The van der Waals surface area contributed by atoms with Crippen molar-refractivity contribution < 1.29 is 9.59 Å². The summed E-state index contributed by atoms with van der Waals surface area (Å²) in [5, 5.41) is 3.66. The molecule has 8 heteroatoms. The first-order valence-corrected chi connectivity index (χ1v) is 11.5. The number of halogens is 2. The van der Waals surface area contributed by atoms with Crippen molar-refractivity contribution in [2.24, 2.45) is 11.7 Å². The molecule has 6 nitrogen and oxygen atoms in total. The van der Waals surface area contributed by atoms with Gasteiger partial charge in [0.2, 0.25) is 0 Å². The summed E-state index contributed by atoms with van der Waals surface area (Å²) >= 11 is 9.28. The molecule has 5 N–H and O–H groups in total. The molecule has 1 atom stereocenters. The molecule has 0 saturated carbocycles. The number of piperidine rings is 1. The minimum Gasteiger partial charge on any atom is -0.398 e. The Morgan fingerprint density at radius 3 is 2.48 bits per heavy atom. The maximum Gasteiger partial charge on any atom is 0.178 e. The number of hydrogen-bond acceptors (Lipinski definition) is 6. The van der Waals surface area contributed by atoms with Crippen LogP contribution in [0.5, 0.6) is 0 Å². The van der Waals surface area contributed by atoms with Crippen molar-refractivity contribution in [3.8, 4) is 0 Å². The smallest absolute Gasteiger partial charge is 0.178 e. The van der Waals surface area contributed by atoms with Crippen molar-refractivity contribution in [2.45, 2.75) is 25.4 Å². The highest BCUT2D eigenvalue weighted by Gasteiger charge is 2.28. The van der Waals surface area contributed by atoms with E-state index in [4.69, 9.17) is 23.1 Å². The van der Waals surface area contributed by atoms with E-state index in [1.54, 1.807) is 18.2 Å². The molecule has 2 aromatic rings. The van der Waals surface area contributed by atoms with Gasteiger partial charge in [0.1, 0.15) is 0 Å². The van der Waals surface area contributed by atoms with Crippen LogP contribution in [0.25, 0.3) is 0 Å². The van der Waals surface area contributed by atoms with Crippen molar-refractivity contribution in [1.29, 1.82) is 0 Å². The molecule has 3 rings (SSSR count). The van der Waals surface area contributed by atoms with Gasteiger partial charge < -0.3 is 16.8 Å². The topological polar surface area (TPSA) is 101 Å². The zero-order valence-corrected chi connectivity index (χ0v) is 19.7. The molecule has 0 spiro atoms. The monoisotopic (exact) mass is 506 g/mol. The fourth-order valence-electron chi connectivity index (χ4n) is 3.86. The Hall–Kier alpha value is -1.77. The Labute approximate surface area is 196 Å². The Morgan fingerprint density at radius 1 is 1.13 bits per heavy atom. The van der Waals surface area contributed by atoms with Gasteiger partial charge in [-0.25, -0.2) is 0 Å². The summed E-state index contributed by atoms with van der Waals surface area (Å²) < 4.78 is 0.783. The Kier molecular flexibility index (Phi) is 8.63. The van der Waals surface area contributed by atoms with E-state index in [-0.39, 0.29) is 30.6 Å². The van der Waals surface area contributed by atoms with Gasteiger partial charge in [-0.1, -0.05) is 39.7 Å². The highest BCUT2D eigenvalue weighted by molar-refractivity contribution is 9.10. The van der Waals surface area contributed by atoms with Crippen LogP contribution < -0.4 is 16.8 Å². The molecule has 0 bridgehead atoms. The molecule has 0 amide bonds. The molecule has 1 aliphatic heterocycles. The molecular formula is C23H28BrClN4O2. The van der Waals surface area contributed by atoms with Gasteiger partial charge in [-0.2, -0.15) is 0 Å². The molecule has 31 heavy (non-hydrogen) atoms. The lowest BCUT2D eigenvalue weighted by atomic mass is 9.87. The summed E-state index contributed by atoms with van der Waals surface area (Å²) in [7, 11) is 0. The van der Waals surface area contributed by atoms with E-state index < -0.39 is 6.04 Å². The van der Waals surface area contributed by atoms with E-state index in [2.05, 4.69) is 26.1 Å². The van der Waals surface area contributed by atoms with E-state index in [0.29, 0.717) is 11.3 Å². The lowest BCUT2D eigenvalue weighted by molar-refractivity contribution is -0.121. The van der Waals surface area contributed by atoms with Crippen LogP contribution in [-0.2, 0) is 11.3 Å². The first-order valence-electron chi connectivity index (χ1n) is 10.4. The average Bonchev–Trinajstić information content (AvgIpc) is 2.77. The molecule has 1 fully saturated rings. The highest BCUT2D eigenvalue weighted by Crippen LogP contribution is 2.22. The summed E-state index contributed by atoms with van der Waals surface area (Å²) in [5.41, 5.74) is 14.2. The number of rotatable bonds is 9. The summed E-state index contributed by atoms with van der Waals surface area (Å²) in [6, 6.07) is 12.5. The van der Waals surface area contributed by atoms with Crippen LogP contribution in [0.4, 0.5) is 5.69 Å². The van der Waals surface area contributed by atoms with Gasteiger partial charge in [-0.15, -0.1) is 0 Å². The Bertz CT molecular complexity index is 914. The standard InChI is InChI=1S/C23H28BrClN4O2/c24-17-3-6-20(26)19(11-17)21(30)12-28-13-22(31)23(27)16-7-9-29(10-8-16)14-15-1-4-18(25)5-2-15/h1-6,11,16,23,28H,7-10,12-14,26-27H2. The van der Waals surface area contributed by atoms with Gasteiger partial charge in [-0.05, 0) is 67.7 Å². The minimum absolute atomic E-state index is 0.0403. The molecule has 1 heterocycles. The minimum atomic E-state index is -0.517. The molecule has 166 valence electrons. The van der Waals surface area contributed by atoms with Gasteiger partial charge in [0.15, 0.2) is 11.6 Å². The van der Waals surface area contributed by atoms with Crippen LogP contribution in [0, 0.1) is 5.92 Å². The zero-order chi connectivity index (χ0) is 22.4. The fourth-order valence-corrected chi connectivity index (χ4v) is 4.35. The summed E-state index contributed by atoms with van der Waals surface area (Å²) in [4.78, 5) is 27.3. The molecule has 0 radical (unpaired) electrons. The van der Waals surface area contributed by atoms with Gasteiger partial charge in [0.25, 0.3) is 0 Å². The summed E-state index contributed by atoms with van der Waals surface area (Å²) in [6.45, 7) is 2.80. The molecule has 1 unspecified atom stereocenters. The number of benzene rings is 2. The fraction of sp³-hybridized carbons (Fsp3) is 0.391. The Balaban J connectivity index is 1.40. The second-order valence-electron chi connectivity index (χ2n) is 7.99. The first-order chi connectivity index (χ1) is 14.8. The quantitative estimate of drug-likeness (QED) is 0.356. The van der Waals surface area contributed by atoms with Gasteiger partial charge >= 0.3 is 0 Å². The van der Waals surface area contributed by atoms with Crippen LogP contribution in [-0.4, -0.2) is 48.7 Å². The Morgan fingerprint density at radius 2 is 1.81 bits per heavy atom.